The molecule has 0 bridgehead atoms. The lowest BCUT2D eigenvalue weighted by molar-refractivity contribution is 0.381. The third-order valence-corrected chi connectivity index (χ3v) is 4.05. The molecule has 0 radical (unpaired) electrons. The predicted octanol–water partition coefficient (Wildman–Crippen LogP) is 5.09. The van der Waals surface area contributed by atoms with Crippen LogP contribution in [0.1, 0.15) is 18.9 Å². The second-order valence-corrected chi connectivity index (χ2v) is 7.02. The molecule has 0 saturated carbocycles. The van der Waals surface area contributed by atoms with E-state index >= 15 is 0 Å². The first-order valence-corrected chi connectivity index (χ1v) is 10.1. The Hall–Kier alpha value is -2.99. The van der Waals surface area contributed by atoms with Gasteiger partial charge in [-0.2, -0.15) is 8.42 Å². The molecule has 0 saturated heterocycles. The van der Waals surface area contributed by atoms with Crippen molar-refractivity contribution in [3.05, 3.63) is 77.3 Å². The molecule has 0 fully saturated rings. The number of nitrogens with zero attached hydrogens (tertiary/aromatic N) is 3. The number of rotatable bonds is 5. The summed E-state index contributed by atoms with van der Waals surface area (Å²) in [6, 6.07) is 22.6. The van der Waals surface area contributed by atoms with Gasteiger partial charge in [-0.05, 0) is 28.8 Å². The number of hydrogen-bond donors (Lipinski definition) is 2. The zero-order chi connectivity index (χ0) is 20.6. The SMILES string of the molecule is CCCN(Cc1cccc2ccccc12)c1cccc([N+]#N)c1.O=S(=O)(O)O. The van der Waals surface area contributed by atoms with E-state index in [-0.39, 0.29) is 0 Å². The van der Waals surface area contributed by atoms with Crippen molar-refractivity contribution < 1.29 is 17.5 Å². The van der Waals surface area contributed by atoms with Gasteiger partial charge in [0.2, 0.25) is 5.39 Å². The summed E-state index contributed by atoms with van der Waals surface area (Å²) in [5.74, 6) is 0. The molecular formula is C20H22N3O4S+. The van der Waals surface area contributed by atoms with Crippen molar-refractivity contribution in [3.8, 4) is 0 Å². The summed E-state index contributed by atoms with van der Waals surface area (Å²) in [5, 5.41) is 11.6. The zero-order valence-corrected chi connectivity index (χ0v) is 16.2. The molecule has 3 rings (SSSR count). The molecule has 0 aliphatic carbocycles. The molecule has 8 heteroatoms. The van der Waals surface area contributed by atoms with Crippen molar-refractivity contribution in [3.63, 3.8) is 0 Å². The van der Waals surface area contributed by atoms with Gasteiger partial charge < -0.3 is 4.90 Å². The van der Waals surface area contributed by atoms with Gasteiger partial charge in [0, 0.05) is 24.8 Å². The van der Waals surface area contributed by atoms with Crippen LogP contribution >= 0.6 is 0 Å². The quantitative estimate of drug-likeness (QED) is 0.456. The minimum absolute atomic E-state index is 0.585. The Labute approximate surface area is 164 Å². The Balaban J connectivity index is 0.000000500. The van der Waals surface area contributed by atoms with Crippen molar-refractivity contribution in [2.75, 3.05) is 11.4 Å². The molecule has 7 nitrogen and oxygen atoms in total. The van der Waals surface area contributed by atoms with E-state index in [1.165, 1.54) is 16.3 Å². The maximum atomic E-state index is 9.01. The number of benzene rings is 3. The maximum Gasteiger partial charge on any atom is 0.394 e. The smallest absolute Gasteiger partial charge is 0.367 e. The van der Waals surface area contributed by atoms with Crippen molar-refractivity contribution in [1.29, 1.82) is 5.39 Å². The highest BCUT2D eigenvalue weighted by Gasteiger charge is 2.12. The lowest BCUT2D eigenvalue weighted by Gasteiger charge is -2.24. The van der Waals surface area contributed by atoms with Gasteiger partial charge in [0.15, 0.2) is 4.98 Å². The van der Waals surface area contributed by atoms with E-state index in [1.807, 2.05) is 12.1 Å². The number of diazo groups is 1. The molecule has 0 amide bonds. The Bertz CT molecular complexity index is 1060. The van der Waals surface area contributed by atoms with Crippen molar-refractivity contribution in [1.82, 2.24) is 0 Å². The maximum absolute atomic E-state index is 9.01. The number of fused-ring (bicyclic) bond motifs is 1. The summed E-state index contributed by atoms with van der Waals surface area (Å²) in [6.07, 6.45) is 1.06. The second kappa shape index (κ2) is 9.80. The lowest BCUT2D eigenvalue weighted by Crippen LogP contribution is -2.23. The summed E-state index contributed by atoms with van der Waals surface area (Å²) in [6.45, 7) is 3.97. The minimum Gasteiger partial charge on any atom is -0.367 e. The van der Waals surface area contributed by atoms with E-state index in [1.54, 1.807) is 6.07 Å². The summed E-state index contributed by atoms with van der Waals surface area (Å²) in [4.78, 5) is 5.63. The van der Waals surface area contributed by atoms with Crippen LogP contribution in [0.4, 0.5) is 11.4 Å². The minimum atomic E-state index is -4.67. The monoisotopic (exact) mass is 400 g/mol. The first kappa shape index (κ1) is 21.3. The van der Waals surface area contributed by atoms with E-state index in [4.69, 9.17) is 22.9 Å². The molecule has 3 aromatic rings. The fraction of sp³-hybridized carbons (Fsp3) is 0.200. The molecule has 0 spiro atoms. The number of anilines is 1. The predicted molar refractivity (Wildman–Crippen MR) is 111 cm³/mol. The molecule has 146 valence electrons. The van der Waals surface area contributed by atoms with Crippen LogP contribution in [0.25, 0.3) is 15.7 Å². The molecule has 0 aliphatic heterocycles. The fourth-order valence-electron chi connectivity index (χ4n) is 2.96. The Morgan fingerprint density at radius 2 is 1.64 bits per heavy atom. The van der Waals surface area contributed by atoms with Crippen LogP contribution in [0.15, 0.2) is 66.7 Å². The summed E-state index contributed by atoms with van der Waals surface area (Å²) < 4.78 is 31.6. The van der Waals surface area contributed by atoms with Crippen LogP contribution < -0.4 is 4.90 Å². The molecule has 0 aromatic heterocycles. The van der Waals surface area contributed by atoms with Crippen molar-refractivity contribution >= 4 is 32.5 Å². The van der Waals surface area contributed by atoms with Gasteiger partial charge >= 0.3 is 16.1 Å². The third-order valence-electron chi connectivity index (χ3n) is 4.05. The highest BCUT2D eigenvalue weighted by molar-refractivity contribution is 7.79. The van der Waals surface area contributed by atoms with Gasteiger partial charge in [0.1, 0.15) is 0 Å². The van der Waals surface area contributed by atoms with Gasteiger partial charge in [0.25, 0.3) is 0 Å². The normalized spacial score (nSPS) is 10.6. The molecule has 0 aliphatic rings. The van der Waals surface area contributed by atoms with E-state index < -0.39 is 10.4 Å². The van der Waals surface area contributed by atoms with E-state index in [2.05, 4.69) is 65.3 Å². The van der Waals surface area contributed by atoms with Crippen LogP contribution in [-0.2, 0) is 16.9 Å². The fourth-order valence-corrected chi connectivity index (χ4v) is 2.96. The highest BCUT2D eigenvalue weighted by atomic mass is 32.3. The average molecular weight is 400 g/mol. The Morgan fingerprint density at radius 1 is 1.00 bits per heavy atom. The average Bonchev–Trinajstić information content (AvgIpc) is 2.66. The molecule has 0 atom stereocenters. The van der Waals surface area contributed by atoms with Gasteiger partial charge in [-0.1, -0.05) is 55.5 Å². The Morgan fingerprint density at radius 3 is 2.32 bits per heavy atom. The van der Waals surface area contributed by atoms with E-state index in [0.29, 0.717) is 5.69 Å². The first-order chi connectivity index (χ1) is 13.3. The van der Waals surface area contributed by atoms with Crippen LogP contribution in [0.2, 0.25) is 0 Å². The summed E-state index contributed by atoms with van der Waals surface area (Å²) in [5.41, 5.74) is 2.97. The molecule has 28 heavy (non-hydrogen) atoms. The van der Waals surface area contributed by atoms with Crippen molar-refractivity contribution in [2.24, 2.45) is 0 Å². The standard InChI is InChI=1S/C20H20N3.H2O4S/c1-2-13-23(19-11-6-10-18(14-19)22-21)15-17-9-5-8-16-7-3-4-12-20(16)17;1-5(2,3)4/h3-12,14H,2,13,15H2,1H3;(H2,1,2,3,4)/q+1;. The van der Waals surface area contributed by atoms with Crippen LogP contribution in [0.3, 0.4) is 0 Å². The largest absolute Gasteiger partial charge is 0.394 e. The molecule has 2 N–H and O–H groups in total. The van der Waals surface area contributed by atoms with Crippen molar-refractivity contribution in [2.45, 2.75) is 19.9 Å². The highest BCUT2D eigenvalue weighted by Crippen LogP contribution is 2.26. The number of hydrogen-bond acceptors (Lipinski definition) is 4. The van der Waals surface area contributed by atoms with Gasteiger partial charge in [0.05, 0.1) is 6.07 Å². The van der Waals surface area contributed by atoms with Gasteiger partial charge in [-0.25, -0.2) is 0 Å². The lowest BCUT2D eigenvalue weighted by atomic mass is 10.0. The first-order valence-electron chi connectivity index (χ1n) is 8.68. The van der Waals surface area contributed by atoms with Gasteiger partial charge in [-0.3, -0.25) is 9.11 Å². The molecular weight excluding hydrogens is 378 g/mol. The summed E-state index contributed by atoms with van der Waals surface area (Å²) in [7, 11) is -4.67. The second-order valence-electron chi connectivity index (χ2n) is 6.13. The van der Waals surface area contributed by atoms with Crippen LogP contribution in [-0.4, -0.2) is 24.1 Å². The molecule has 0 unspecified atom stereocenters. The zero-order valence-electron chi connectivity index (χ0n) is 15.4. The molecule has 3 aromatic carbocycles. The summed E-state index contributed by atoms with van der Waals surface area (Å²) >= 11 is 0. The molecule has 0 heterocycles. The van der Waals surface area contributed by atoms with Gasteiger partial charge in [-0.15, -0.1) is 0 Å². The van der Waals surface area contributed by atoms with E-state index in [9.17, 15) is 0 Å². The van der Waals surface area contributed by atoms with E-state index in [0.717, 1.165) is 25.2 Å². The van der Waals surface area contributed by atoms with Crippen LogP contribution in [0.5, 0.6) is 0 Å². The third kappa shape index (κ3) is 6.63. The Kier molecular flexibility index (Phi) is 7.46. The van der Waals surface area contributed by atoms with Crippen LogP contribution in [0, 0.1) is 5.39 Å². The topological polar surface area (TPSA) is 106 Å².